The van der Waals surface area contributed by atoms with Crippen LogP contribution < -0.4 is 10.1 Å². The van der Waals surface area contributed by atoms with Gasteiger partial charge in [0, 0.05) is 12.6 Å². The van der Waals surface area contributed by atoms with Crippen LogP contribution in [0.15, 0.2) is 48.5 Å². The first-order valence-corrected chi connectivity index (χ1v) is 7.56. The van der Waals surface area contributed by atoms with Crippen molar-refractivity contribution in [2.24, 2.45) is 0 Å². The molecule has 0 bridgehead atoms. The van der Waals surface area contributed by atoms with Crippen LogP contribution in [0, 0.1) is 0 Å². The van der Waals surface area contributed by atoms with Crippen LogP contribution in [0.4, 0.5) is 0 Å². The summed E-state index contributed by atoms with van der Waals surface area (Å²) in [6.07, 6.45) is 0. The molecule has 2 heteroatoms. The zero-order valence-electron chi connectivity index (χ0n) is 13.4. The molecule has 1 unspecified atom stereocenters. The van der Waals surface area contributed by atoms with Crippen LogP contribution in [0.1, 0.15) is 49.4 Å². The quantitative estimate of drug-likeness (QED) is 0.832. The van der Waals surface area contributed by atoms with Crippen molar-refractivity contribution >= 4 is 0 Å². The highest BCUT2D eigenvalue weighted by atomic mass is 16.5. The first-order chi connectivity index (χ1) is 10.1. The Bertz CT molecular complexity index is 560. The molecule has 112 valence electrons. The maximum atomic E-state index is 5.28. The SMILES string of the molecule is COc1cccc(C(C)NCc2ccc(C(C)C)cc2)c1. The van der Waals surface area contributed by atoms with E-state index in [4.69, 9.17) is 4.74 Å². The van der Waals surface area contributed by atoms with Crippen LogP contribution >= 0.6 is 0 Å². The van der Waals surface area contributed by atoms with E-state index in [0.717, 1.165) is 12.3 Å². The number of rotatable bonds is 6. The smallest absolute Gasteiger partial charge is 0.119 e. The van der Waals surface area contributed by atoms with Gasteiger partial charge in [-0.3, -0.25) is 0 Å². The molecule has 0 aromatic heterocycles. The van der Waals surface area contributed by atoms with E-state index in [0.29, 0.717) is 12.0 Å². The average Bonchev–Trinajstić information content (AvgIpc) is 2.53. The molecule has 0 spiro atoms. The van der Waals surface area contributed by atoms with Gasteiger partial charge in [0.15, 0.2) is 0 Å². The van der Waals surface area contributed by atoms with Crippen LogP contribution in [0.25, 0.3) is 0 Å². The number of ether oxygens (including phenoxy) is 1. The van der Waals surface area contributed by atoms with E-state index >= 15 is 0 Å². The fraction of sp³-hybridized carbons (Fsp3) is 0.368. The minimum Gasteiger partial charge on any atom is -0.497 e. The molecule has 0 aliphatic heterocycles. The van der Waals surface area contributed by atoms with E-state index in [1.54, 1.807) is 7.11 Å². The predicted molar refractivity (Wildman–Crippen MR) is 88.8 cm³/mol. The minimum atomic E-state index is 0.296. The molecule has 0 saturated heterocycles. The third kappa shape index (κ3) is 4.33. The van der Waals surface area contributed by atoms with Gasteiger partial charge in [-0.05, 0) is 41.7 Å². The largest absolute Gasteiger partial charge is 0.497 e. The summed E-state index contributed by atoms with van der Waals surface area (Å²) in [5.41, 5.74) is 3.95. The van der Waals surface area contributed by atoms with E-state index in [9.17, 15) is 0 Å². The second-order valence-electron chi connectivity index (χ2n) is 5.78. The highest BCUT2D eigenvalue weighted by Crippen LogP contribution is 2.19. The van der Waals surface area contributed by atoms with Crippen LogP contribution in [-0.2, 0) is 6.54 Å². The fourth-order valence-corrected chi connectivity index (χ4v) is 2.32. The van der Waals surface area contributed by atoms with Crippen molar-refractivity contribution < 1.29 is 4.74 Å². The van der Waals surface area contributed by atoms with E-state index in [1.807, 2.05) is 12.1 Å². The van der Waals surface area contributed by atoms with Crippen LogP contribution in [-0.4, -0.2) is 7.11 Å². The first kappa shape index (κ1) is 15.6. The van der Waals surface area contributed by atoms with Gasteiger partial charge in [0.05, 0.1) is 7.11 Å². The number of nitrogens with one attached hydrogen (secondary N) is 1. The Morgan fingerprint density at radius 1 is 0.952 bits per heavy atom. The molecular formula is C19H25NO. The molecule has 0 radical (unpaired) electrons. The molecular weight excluding hydrogens is 258 g/mol. The Kier molecular flexibility index (Phi) is 5.40. The Hall–Kier alpha value is -1.80. The average molecular weight is 283 g/mol. The van der Waals surface area contributed by atoms with Crippen LogP contribution in [0.2, 0.25) is 0 Å². The zero-order valence-corrected chi connectivity index (χ0v) is 13.4. The number of hydrogen-bond acceptors (Lipinski definition) is 2. The summed E-state index contributed by atoms with van der Waals surface area (Å²) >= 11 is 0. The molecule has 0 aliphatic carbocycles. The standard InChI is InChI=1S/C19H25NO/c1-14(2)17-10-8-16(9-11-17)13-20-15(3)18-6-5-7-19(12-18)21-4/h5-12,14-15,20H,13H2,1-4H3. The van der Waals surface area contributed by atoms with Gasteiger partial charge in [-0.1, -0.05) is 50.2 Å². The number of methoxy groups -OCH3 is 1. The topological polar surface area (TPSA) is 21.3 Å². The Balaban J connectivity index is 1.95. The van der Waals surface area contributed by atoms with Gasteiger partial charge in [-0.15, -0.1) is 0 Å². The van der Waals surface area contributed by atoms with Crippen molar-refractivity contribution in [1.82, 2.24) is 5.32 Å². The molecule has 0 amide bonds. The van der Waals surface area contributed by atoms with Gasteiger partial charge in [0.2, 0.25) is 0 Å². The molecule has 2 rings (SSSR count). The van der Waals surface area contributed by atoms with E-state index in [2.05, 4.69) is 62.5 Å². The number of hydrogen-bond donors (Lipinski definition) is 1. The van der Waals surface area contributed by atoms with Crippen molar-refractivity contribution in [3.63, 3.8) is 0 Å². The molecule has 0 saturated carbocycles. The maximum absolute atomic E-state index is 5.28. The van der Waals surface area contributed by atoms with E-state index in [-0.39, 0.29) is 0 Å². The summed E-state index contributed by atoms with van der Waals surface area (Å²) in [5.74, 6) is 1.49. The van der Waals surface area contributed by atoms with Crippen molar-refractivity contribution in [3.8, 4) is 5.75 Å². The summed E-state index contributed by atoms with van der Waals surface area (Å²) in [7, 11) is 1.70. The third-order valence-electron chi connectivity index (χ3n) is 3.85. The Labute approximate surface area is 128 Å². The lowest BCUT2D eigenvalue weighted by Crippen LogP contribution is -2.18. The van der Waals surface area contributed by atoms with Gasteiger partial charge >= 0.3 is 0 Å². The lowest BCUT2D eigenvalue weighted by Gasteiger charge is -2.15. The Morgan fingerprint density at radius 2 is 1.67 bits per heavy atom. The molecule has 21 heavy (non-hydrogen) atoms. The van der Waals surface area contributed by atoms with E-state index < -0.39 is 0 Å². The molecule has 1 atom stereocenters. The molecule has 1 N–H and O–H groups in total. The summed E-state index contributed by atoms with van der Waals surface area (Å²) < 4.78 is 5.28. The zero-order chi connectivity index (χ0) is 15.2. The van der Waals surface area contributed by atoms with Gasteiger partial charge in [-0.2, -0.15) is 0 Å². The maximum Gasteiger partial charge on any atom is 0.119 e. The monoisotopic (exact) mass is 283 g/mol. The van der Waals surface area contributed by atoms with Crippen molar-refractivity contribution in [2.75, 3.05) is 7.11 Å². The van der Waals surface area contributed by atoms with Crippen LogP contribution in [0.5, 0.6) is 5.75 Å². The van der Waals surface area contributed by atoms with Crippen LogP contribution in [0.3, 0.4) is 0 Å². The lowest BCUT2D eigenvalue weighted by molar-refractivity contribution is 0.413. The van der Waals surface area contributed by atoms with Crippen molar-refractivity contribution in [2.45, 2.75) is 39.3 Å². The van der Waals surface area contributed by atoms with Crippen molar-refractivity contribution in [1.29, 1.82) is 0 Å². The van der Waals surface area contributed by atoms with Gasteiger partial charge in [-0.25, -0.2) is 0 Å². The third-order valence-corrected chi connectivity index (χ3v) is 3.85. The normalized spacial score (nSPS) is 12.4. The summed E-state index contributed by atoms with van der Waals surface area (Å²) in [6.45, 7) is 7.49. The minimum absolute atomic E-state index is 0.296. The van der Waals surface area contributed by atoms with E-state index in [1.165, 1.54) is 16.7 Å². The molecule has 2 aromatic carbocycles. The molecule has 0 heterocycles. The lowest BCUT2D eigenvalue weighted by atomic mass is 10.0. The Morgan fingerprint density at radius 3 is 2.29 bits per heavy atom. The van der Waals surface area contributed by atoms with Gasteiger partial charge < -0.3 is 10.1 Å². The predicted octanol–water partition coefficient (Wildman–Crippen LogP) is 4.67. The van der Waals surface area contributed by atoms with Gasteiger partial charge in [0.1, 0.15) is 5.75 Å². The first-order valence-electron chi connectivity index (χ1n) is 7.56. The molecule has 0 fully saturated rings. The molecule has 2 aromatic rings. The fourth-order valence-electron chi connectivity index (χ4n) is 2.32. The summed E-state index contributed by atoms with van der Waals surface area (Å²) in [6, 6.07) is 17.4. The highest BCUT2D eigenvalue weighted by Gasteiger charge is 2.06. The summed E-state index contributed by atoms with van der Waals surface area (Å²) in [5, 5.41) is 3.56. The second-order valence-corrected chi connectivity index (χ2v) is 5.78. The highest BCUT2D eigenvalue weighted by molar-refractivity contribution is 5.30. The summed E-state index contributed by atoms with van der Waals surface area (Å²) in [4.78, 5) is 0. The van der Waals surface area contributed by atoms with Crippen molar-refractivity contribution in [3.05, 3.63) is 65.2 Å². The molecule has 0 aliphatic rings. The molecule has 2 nitrogen and oxygen atoms in total. The number of benzene rings is 2. The second kappa shape index (κ2) is 7.28. The van der Waals surface area contributed by atoms with Gasteiger partial charge in [0.25, 0.3) is 0 Å².